The van der Waals surface area contributed by atoms with E-state index >= 15 is 0 Å². The smallest absolute Gasteiger partial charge is 0.143 e. The van der Waals surface area contributed by atoms with Crippen LogP contribution in [0, 0.1) is 5.92 Å². The molecule has 4 nitrogen and oxygen atoms in total. The quantitative estimate of drug-likeness (QED) is 0.755. The Kier molecular flexibility index (Phi) is 2.24. The highest BCUT2D eigenvalue weighted by Crippen LogP contribution is 2.38. The molecule has 0 aromatic carbocycles. The molecule has 1 saturated heterocycles. The number of aryl methyl sites for hydroxylation is 1. The number of hydrogen-bond acceptors (Lipinski definition) is 3. The second kappa shape index (κ2) is 3.59. The highest BCUT2D eigenvalue weighted by molar-refractivity contribution is 5.02. The maximum Gasteiger partial charge on any atom is 0.143 e. The molecule has 2 fully saturated rings. The van der Waals surface area contributed by atoms with Crippen molar-refractivity contribution in [1.29, 1.82) is 0 Å². The Hall–Kier alpha value is -0.900. The lowest BCUT2D eigenvalue weighted by atomic mass is 9.85. The summed E-state index contributed by atoms with van der Waals surface area (Å²) < 4.78 is 1.90. The van der Waals surface area contributed by atoms with Crippen molar-refractivity contribution in [2.45, 2.75) is 44.2 Å². The maximum atomic E-state index is 4.35. The molecule has 2 heterocycles. The van der Waals surface area contributed by atoms with Crippen LogP contribution in [0.2, 0.25) is 0 Å². The SMILES string of the molecule is Cn1ncnc1C1CC2CCCCC2N1. The third-order valence-corrected chi connectivity index (χ3v) is 3.92. The van der Waals surface area contributed by atoms with E-state index in [0.717, 1.165) is 17.8 Å². The lowest BCUT2D eigenvalue weighted by Crippen LogP contribution is -2.31. The molecule has 0 bridgehead atoms. The summed E-state index contributed by atoms with van der Waals surface area (Å²) in [5.41, 5.74) is 0. The van der Waals surface area contributed by atoms with E-state index in [0.29, 0.717) is 6.04 Å². The molecule has 1 N–H and O–H groups in total. The van der Waals surface area contributed by atoms with Gasteiger partial charge in [-0.1, -0.05) is 12.8 Å². The zero-order chi connectivity index (χ0) is 10.3. The van der Waals surface area contributed by atoms with Gasteiger partial charge in [-0.25, -0.2) is 4.98 Å². The second-order valence-electron chi connectivity index (χ2n) is 4.85. The molecular weight excluding hydrogens is 188 g/mol. The summed E-state index contributed by atoms with van der Waals surface area (Å²) in [6, 6.07) is 1.17. The molecule has 0 spiro atoms. The van der Waals surface area contributed by atoms with Gasteiger partial charge in [0.2, 0.25) is 0 Å². The van der Waals surface area contributed by atoms with Gasteiger partial charge in [0.05, 0.1) is 6.04 Å². The van der Waals surface area contributed by atoms with Gasteiger partial charge in [-0.2, -0.15) is 5.10 Å². The zero-order valence-electron chi connectivity index (χ0n) is 9.19. The molecule has 1 aliphatic heterocycles. The molecule has 1 aromatic heterocycles. The minimum Gasteiger partial charge on any atom is -0.304 e. The fourth-order valence-corrected chi connectivity index (χ4v) is 3.14. The van der Waals surface area contributed by atoms with E-state index in [1.165, 1.54) is 32.1 Å². The van der Waals surface area contributed by atoms with Crippen LogP contribution >= 0.6 is 0 Å². The molecule has 1 aliphatic carbocycles. The van der Waals surface area contributed by atoms with Gasteiger partial charge in [-0.3, -0.25) is 4.68 Å². The van der Waals surface area contributed by atoms with Crippen molar-refractivity contribution in [2.24, 2.45) is 13.0 Å². The Morgan fingerprint density at radius 2 is 2.27 bits per heavy atom. The molecular formula is C11H18N4. The van der Waals surface area contributed by atoms with E-state index < -0.39 is 0 Å². The fourth-order valence-electron chi connectivity index (χ4n) is 3.14. The van der Waals surface area contributed by atoms with Crippen LogP contribution in [-0.2, 0) is 7.05 Å². The summed E-state index contributed by atoms with van der Waals surface area (Å²) >= 11 is 0. The number of nitrogens with one attached hydrogen (secondary N) is 1. The predicted molar refractivity (Wildman–Crippen MR) is 57.2 cm³/mol. The number of fused-ring (bicyclic) bond motifs is 1. The Labute approximate surface area is 90.1 Å². The Bertz CT molecular complexity index is 332. The third-order valence-electron chi connectivity index (χ3n) is 3.92. The van der Waals surface area contributed by atoms with Gasteiger partial charge >= 0.3 is 0 Å². The largest absolute Gasteiger partial charge is 0.304 e. The summed E-state index contributed by atoms with van der Waals surface area (Å²) in [5, 5.41) is 7.86. The summed E-state index contributed by atoms with van der Waals surface area (Å²) in [6.45, 7) is 0. The lowest BCUT2D eigenvalue weighted by Gasteiger charge is -2.24. The molecule has 15 heavy (non-hydrogen) atoms. The molecule has 1 saturated carbocycles. The minimum atomic E-state index is 0.436. The van der Waals surface area contributed by atoms with Crippen molar-refractivity contribution < 1.29 is 0 Å². The molecule has 4 heteroatoms. The number of nitrogens with zero attached hydrogens (tertiary/aromatic N) is 3. The first-order valence-electron chi connectivity index (χ1n) is 5.94. The van der Waals surface area contributed by atoms with Crippen LogP contribution in [0.3, 0.4) is 0 Å². The molecule has 1 aromatic rings. The maximum absolute atomic E-state index is 4.35. The van der Waals surface area contributed by atoms with Crippen LogP contribution in [0.1, 0.15) is 44.0 Å². The third kappa shape index (κ3) is 1.57. The first-order valence-corrected chi connectivity index (χ1v) is 5.94. The Morgan fingerprint density at radius 3 is 3.00 bits per heavy atom. The molecule has 3 unspecified atom stereocenters. The van der Waals surface area contributed by atoms with Gasteiger partial charge in [0.15, 0.2) is 0 Å². The minimum absolute atomic E-state index is 0.436. The van der Waals surface area contributed by atoms with E-state index in [2.05, 4.69) is 15.4 Å². The van der Waals surface area contributed by atoms with Crippen molar-refractivity contribution in [3.63, 3.8) is 0 Å². The normalized spacial score (nSPS) is 35.4. The van der Waals surface area contributed by atoms with Crippen LogP contribution < -0.4 is 5.32 Å². The summed E-state index contributed by atoms with van der Waals surface area (Å²) in [7, 11) is 1.98. The Balaban J connectivity index is 1.78. The number of hydrogen-bond donors (Lipinski definition) is 1. The van der Waals surface area contributed by atoms with E-state index in [-0.39, 0.29) is 0 Å². The van der Waals surface area contributed by atoms with Crippen LogP contribution in [-0.4, -0.2) is 20.8 Å². The predicted octanol–water partition coefficient (Wildman–Crippen LogP) is 1.41. The van der Waals surface area contributed by atoms with Crippen molar-refractivity contribution >= 4 is 0 Å². The van der Waals surface area contributed by atoms with Gasteiger partial charge in [0, 0.05) is 13.1 Å². The highest BCUT2D eigenvalue weighted by Gasteiger charge is 2.37. The summed E-state index contributed by atoms with van der Waals surface area (Å²) in [5.74, 6) is 1.98. The number of rotatable bonds is 1. The summed E-state index contributed by atoms with van der Waals surface area (Å²) in [4.78, 5) is 4.35. The van der Waals surface area contributed by atoms with Crippen molar-refractivity contribution in [2.75, 3.05) is 0 Å². The van der Waals surface area contributed by atoms with Gasteiger partial charge < -0.3 is 5.32 Å². The highest BCUT2D eigenvalue weighted by atomic mass is 15.3. The van der Waals surface area contributed by atoms with Gasteiger partial charge in [0.25, 0.3) is 0 Å². The Morgan fingerprint density at radius 1 is 1.40 bits per heavy atom. The average molecular weight is 206 g/mol. The van der Waals surface area contributed by atoms with Crippen LogP contribution in [0.4, 0.5) is 0 Å². The second-order valence-corrected chi connectivity index (χ2v) is 4.85. The molecule has 3 atom stereocenters. The van der Waals surface area contributed by atoms with Crippen molar-refractivity contribution in [1.82, 2.24) is 20.1 Å². The molecule has 0 amide bonds. The standard InChI is InChI=1S/C11H18N4/c1-15-11(12-7-13-15)10-6-8-4-2-3-5-9(8)14-10/h7-10,14H,2-6H2,1H3. The van der Waals surface area contributed by atoms with Crippen molar-refractivity contribution in [3.8, 4) is 0 Å². The monoisotopic (exact) mass is 206 g/mol. The number of aromatic nitrogens is 3. The van der Waals surface area contributed by atoms with Crippen LogP contribution in [0.15, 0.2) is 6.33 Å². The molecule has 82 valence electrons. The first-order chi connectivity index (χ1) is 7.34. The first kappa shape index (κ1) is 9.33. The molecule has 2 aliphatic rings. The van der Waals surface area contributed by atoms with Gasteiger partial charge in [-0.05, 0) is 25.2 Å². The van der Waals surface area contributed by atoms with E-state index in [4.69, 9.17) is 0 Å². The van der Waals surface area contributed by atoms with Gasteiger partial charge in [0.1, 0.15) is 12.2 Å². The fraction of sp³-hybridized carbons (Fsp3) is 0.818. The lowest BCUT2D eigenvalue weighted by molar-refractivity contribution is 0.325. The zero-order valence-corrected chi connectivity index (χ0v) is 9.19. The summed E-state index contributed by atoms with van der Waals surface area (Å²) in [6.07, 6.45) is 8.44. The average Bonchev–Trinajstić information content (AvgIpc) is 2.82. The van der Waals surface area contributed by atoms with E-state index in [1.54, 1.807) is 6.33 Å². The molecule has 3 rings (SSSR count). The van der Waals surface area contributed by atoms with Crippen molar-refractivity contribution in [3.05, 3.63) is 12.2 Å². The molecule has 0 radical (unpaired) electrons. The topological polar surface area (TPSA) is 42.7 Å². The van der Waals surface area contributed by atoms with E-state index in [9.17, 15) is 0 Å². The van der Waals surface area contributed by atoms with Gasteiger partial charge in [-0.15, -0.1) is 0 Å². The van der Waals surface area contributed by atoms with E-state index in [1.807, 2.05) is 11.7 Å². The van der Waals surface area contributed by atoms with Crippen LogP contribution in [0.25, 0.3) is 0 Å². The van der Waals surface area contributed by atoms with Crippen LogP contribution in [0.5, 0.6) is 0 Å².